The van der Waals surface area contributed by atoms with Crippen molar-refractivity contribution in [3.05, 3.63) is 26.6 Å². The molecule has 5 nitrogen and oxygen atoms in total. The summed E-state index contributed by atoms with van der Waals surface area (Å²) in [5.74, 6) is 0.607. The van der Waals surface area contributed by atoms with Crippen LogP contribution in [0.4, 0.5) is 0 Å². The third kappa shape index (κ3) is 4.27. The van der Waals surface area contributed by atoms with E-state index in [0.717, 1.165) is 11.9 Å². The van der Waals surface area contributed by atoms with E-state index in [9.17, 15) is 9.59 Å². The maximum atomic E-state index is 12.3. The average Bonchev–Trinajstić information content (AvgIpc) is 2.90. The van der Waals surface area contributed by atoms with Crippen molar-refractivity contribution in [3.63, 3.8) is 0 Å². The van der Waals surface area contributed by atoms with Crippen molar-refractivity contribution in [3.8, 4) is 0 Å². The van der Waals surface area contributed by atoms with Crippen LogP contribution >= 0.6 is 23.6 Å². The van der Waals surface area contributed by atoms with E-state index >= 15 is 0 Å². The maximum Gasteiger partial charge on any atom is 0.272 e. The summed E-state index contributed by atoms with van der Waals surface area (Å²) in [6, 6.07) is 1.85. The average molecular weight is 339 g/mol. The van der Waals surface area contributed by atoms with Crippen LogP contribution in [0.1, 0.15) is 33.1 Å². The van der Waals surface area contributed by atoms with Crippen LogP contribution in [0.15, 0.2) is 16.2 Å². The highest BCUT2D eigenvalue weighted by atomic mass is 32.1. The van der Waals surface area contributed by atoms with Crippen LogP contribution in [0.5, 0.6) is 0 Å². The van der Waals surface area contributed by atoms with Crippen molar-refractivity contribution in [2.45, 2.75) is 39.7 Å². The van der Waals surface area contributed by atoms with Crippen molar-refractivity contribution in [2.75, 3.05) is 6.54 Å². The highest BCUT2D eigenvalue weighted by Gasteiger charge is 2.08. The molecule has 0 radical (unpaired) electrons. The van der Waals surface area contributed by atoms with E-state index in [4.69, 9.17) is 12.2 Å². The van der Waals surface area contributed by atoms with Gasteiger partial charge >= 0.3 is 0 Å². The zero-order chi connectivity index (χ0) is 16.1. The molecule has 120 valence electrons. The molecule has 2 N–H and O–H groups in total. The number of carbonyl (C=O) groups is 1. The predicted octanol–water partition coefficient (Wildman–Crippen LogP) is 3.06. The minimum Gasteiger partial charge on any atom is -0.356 e. The van der Waals surface area contributed by atoms with E-state index in [1.165, 1.54) is 15.9 Å². The Kier molecular flexibility index (Phi) is 5.90. The third-order valence-corrected chi connectivity index (χ3v) is 4.65. The van der Waals surface area contributed by atoms with Crippen molar-refractivity contribution in [2.24, 2.45) is 5.92 Å². The molecule has 0 fully saturated rings. The van der Waals surface area contributed by atoms with Crippen LogP contribution < -0.4 is 10.9 Å². The Balaban J connectivity index is 1.91. The first-order chi connectivity index (χ1) is 10.5. The summed E-state index contributed by atoms with van der Waals surface area (Å²) in [5.41, 5.74) is 0.705. The number of nitrogens with one attached hydrogen (secondary N) is 2. The smallest absolute Gasteiger partial charge is 0.272 e. The number of carbonyl (C=O) groups excluding carboxylic acids is 1. The van der Waals surface area contributed by atoms with E-state index in [1.54, 1.807) is 0 Å². The molecule has 1 amide bonds. The largest absolute Gasteiger partial charge is 0.356 e. The third-order valence-electron chi connectivity index (χ3n) is 3.42. The number of rotatable bonds is 7. The van der Waals surface area contributed by atoms with Gasteiger partial charge in [-0.2, -0.15) is 0 Å². The molecule has 0 unspecified atom stereocenters. The number of aromatic amines is 1. The lowest BCUT2D eigenvalue weighted by atomic mass is 10.1. The minimum atomic E-state index is -0.0750. The van der Waals surface area contributed by atoms with Crippen LogP contribution in [0, 0.1) is 10.7 Å². The number of fused-ring (bicyclic) bond motifs is 1. The molecule has 22 heavy (non-hydrogen) atoms. The first kappa shape index (κ1) is 16.9. The molecule has 0 spiro atoms. The van der Waals surface area contributed by atoms with Gasteiger partial charge < -0.3 is 10.3 Å². The molecule has 0 aliphatic rings. The van der Waals surface area contributed by atoms with Gasteiger partial charge in [0.05, 0.1) is 5.52 Å². The molecule has 2 rings (SSSR count). The Morgan fingerprint density at radius 1 is 1.50 bits per heavy atom. The molecule has 0 aliphatic carbocycles. The summed E-state index contributed by atoms with van der Waals surface area (Å²) in [6.45, 7) is 5.42. The standard InChI is InChI=1S/C15H21N3O2S2/c1-10(2)5-7-16-12(19)4-3-8-18-14(20)13-11(6-9-22-13)17-15(18)21/h6,9-10H,3-5,7-8H2,1-2H3,(H,16,19)(H,17,21). The van der Waals surface area contributed by atoms with Gasteiger partial charge in [-0.1, -0.05) is 13.8 Å². The van der Waals surface area contributed by atoms with Gasteiger partial charge in [0.25, 0.3) is 5.56 Å². The van der Waals surface area contributed by atoms with Crippen molar-refractivity contribution >= 4 is 39.7 Å². The van der Waals surface area contributed by atoms with Crippen molar-refractivity contribution < 1.29 is 4.79 Å². The van der Waals surface area contributed by atoms with Gasteiger partial charge in [-0.3, -0.25) is 14.2 Å². The Morgan fingerprint density at radius 2 is 2.27 bits per heavy atom. The van der Waals surface area contributed by atoms with E-state index in [1.807, 2.05) is 11.4 Å². The summed E-state index contributed by atoms with van der Waals surface area (Å²) >= 11 is 6.62. The van der Waals surface area contributed by atoms with Crippen LogP contribution in [0.3, 0.4) is 0 Å². The molecule has 2 aromatic heterocycles. The molecular formula is C15H21N3O2S2. The first-order valence-electron chi connectivity index (χ1n) is 7.46. The number of hydrogen-bond donors (Lipinski definition) is 2. The molecule has 0 bridgehead atoms. The quantitative estimate of drug-likeness (QED) is 0.762. The second-order valence-electron chi connectivity index (χ2n) is 5.69. The molecule has 7 heteroatoms. The Bertz CT molecular complexity index is 758. The number of H-pyrrole nitrogens is 1. The van der Waals surface area contributed by atoms with Crippen LogP contribution in [0.25, 0.3) is 10.2 Å². The second kappa shape index (κ2) is 7.69. The summed E-state index contributed by atoms with van der Waals surface area (Å²) in [4.78, 5) is 27.1. The maximum absolute atomic E-state index is 12.3. The molecule has 0 aliphatic heterocycles. The number of aromatic nitrogens is 2. The van der Waals surface area contributed by atoms with Crippen molar-refractivity contribution in [1.29, 1.82) is 0 Å². The fourth-order valence-electron chi connectivity index (χ4n) is 2.16. The van der Waals surface area contributed by atoms with Crippen LogP contribution in [-0.4, -0.2) is 22.0 Å². The Morgan fingerprint density at radius 3 is 3.00 bits per heavy atom. The monoisotopic (exact) mass is 339 g/mol. The summed E-state index contributed by atoms with van der Waals surface area (Å²) in [5, 5.41) is 4.76. The lowest BCUT2D eigenvalue weighted by Crippen LogP contribution is -2.26. The van der Waals surface area contributed by atoms with E-state index < -0.39 is 0 Å². The van der Waals surface area contributed by atoms with Crippen molar-refractivity contribution in [1.82, 2.24) is 14.9 Å². The summed E-state index contributed by atoms with van der Waals surface area (Å²) in [7, 11) is 0. The van der Waals surface area contributed by atoms with Crippen LogP contribution in [0.2, 0.25) is 0 Å². The lowest BCUT2D eigenvalue weighted by molar-refractivity contribution is -0.121. The summed E-state index contributed by atoms with van der Waals surface area (Å²) < 4.78 is 2.63. The Labute approximate surface area is 138 Å². The second-order valence-corrected chi connectivity index (χ2v) is 6.99. The zero-order valence-electron chi connectivity index (χ0n) is 12.8. The van der Waals surface area contributed by atoms with Gasteiger partial charge in [-0.25, -0.2) is 0 Å². The number of nitrogens with zero attached hydrogens (tertiary/aromatic N) is 1. The van der Waals surface area contributed by atoms with Gasteiger partial charge in [0.15, 0.2) is 4.77 Å². The minimum absolute atomic E-state index is 0.0285. The van der Waals surface area contributed by atoms with E-state index in [0.29, 0.717) is 41.3 Å². The fraction of sp³-hybridized carbons (Fsp3) is 0.533. The number of hydrogen-bond acceptors (Lipinski definition) is 4. The molecule has 0 saturated heterocycles. The topological polar surface area (TPSA) is 66.9 Å². The van der Waals surface area contributed by atoms with Gasteiger partial charge in [-0.15, -0.1) is 11.3 Å². The molecular weight excluding hydrogens is 318 g/mol. The van der Waals surface area contributed by atoms with Gasteiger partial charge in [-0.05, 0) is 42.4 Å². The first-order valence-corrected chi connectivity index (χ1v) is 8.75. The molecule has 0 aromatic carbocycles. The fourth-order valence-corrected chi connectivity index (χ4v) is 3.24. The van der Waals surface area contributed by atoms with E-state index in [-0.39, 0.29) is 11.5 Å². The Hall–Kier alpha value is -1.47. The number of amides is 1. The number of thiophene rings is 1. The SMILES string of the molecule is CC(C)CCNC(=O)CCCn1c(=S)[nH]c2ccsc2c1=O. The van der Waals surface area contributed by atoms with Crippen LogP contribution in [-0.2, 0) is 11.3 Å². The molecule has 0 saturated carbocycles. The van der Waals surface area contributed by atoms with Gasteiger partial charge in [0.2, 0.25) is 5.91 Å². The highest BCUT2D eigenvalue weighted by Crippen LogP contribution is 2.14. The predicted molar refractivity (Wildman–Crippen MR) is 93.0 cm³/mol. The molecule has 2 aromatic rings. The zero-order valence-corrected chi connectivity index (χ0v) is 14.5. The van der Waals surface area contributed by atoms with Gasteiger partial charge in [0.1, 0.15) is 4.70 Å². The van der Waals surface area contributed by atoms with Gasteiger partial charge in [0, 0.05) is 19.5 Å². The summed E-state index contributed by atoms with van der Waals surface area (Å²) in [6.07, 6.45) is 1.98. The molecule has 2 heterocycles. The highest BCUT2D eigenvalue weighted by molar-refractivity contribution is 7.71. The normalized spacial score (nSPS) is 11.2. The molecule has 0 atom stereocenters. The van der Waals surface area contributed by atoms with E-state index in [2.05, 4.69) is 24.1 Å². The lowest BCUT2D eigenvalue weighted by Gasteiger charge is -2.08.